The van der Waals surface area contributed by atoms with E-state index in [9.17, 15) is 9.90 Å². The van der Waals surface area contributed by atoms with Crippen molar-refractivity contribution in [3.8, 4) is 22.4 Å². The average molecular weight is 476 g/mol. The molecule has 8 heteroatoms. The summed E-state index contributed by atoms with van der Waals surface area (Å²) in [5.74, 6) is -0.114. The van der Waals surface area contributed by atoms with Crippen molar-refractivity contribution in [3.05, 3.63) is 65.2 Å². The fraction of sp³-hybridized carbons (Fsp3) is 0.346. The maximum atomic E-state index is 12.8. The number of aliphatic hydroxyl groups excluding tert-OH is 1. The van der Waals surface area contributed by atoms with Crippen molar-refractivity contribution >= 4 is 23.2 Å². The van der Waals surface area contributed by atoms with Gasteiger partial charge in [-0.05, 0) is 54.7 Å². The average Bonchev–Trinajstić information content (AvgIpc) is 3.29. The van der Waals surface area contributed by atoms with Gasteiger partial charge in [0.25, 0.3) is 5.91 Å². The Morgan fingerprint density at radius 1 is 1.15 bits per heavy atom. The highest BCUT2D eigenvalue weighted by atomic mass is 35.5. The second kappa shape index (κ2) is 7.42. The van der Waals surface area contributed by atoms with Crippen molar-refractivity contribution in [3.63, 3.8) is 0 Å². The number of imidazole rings is 1. The molecule has 0 spiro atoms. The van der Waals surface area contributed by atoms with Crippen LogP contribution in [-0.2, 0) is 7.05 Å². The molecule has 0 saturated heterocycles. The molecule has 0 aliphatic heterocycles. The number of aliphatic hydroxyl groups is 1. The molecule has 4 aromatic rings. The van der Waals surface area contributed by atoms with E-state index in [-0.39, 0.29) is 23.3 Å². The van der Waals surface area contributed by atoms with Gasteiger partial charge in [-0.25, -0.2) is 4.98 Å². The Morgan fingerprint density at radius 3 is 2.56 bits per heavy atom. The van der Waals surface area contributed by atoms with E-state index in [1.165, 1.54) is 0 Å². The Labute approximate surface area is 202 Å². The summed E-state index contributed by atoms with van der Waals surface area (Å²) in [6.45, 7) is 2.89. The summed E-state index contributed by atoms with van der Waals surface area (Å²) in [5.41, 5.74) is 6.05. The topological polar surface area (TPSA) is 84.5 Å². The van der Waals surface area contributed by atoms with Crippen LogP contribution in [0.4, 0.5) is 0 Å². The molecule has 7 rings (SSSR count). The molecule has 2 bridgehead atoms. The van der Waals surface area contributed by atoms with Crippen molar-refractivity contribution < 1.29 is 9.90 Å². The van der Waals surface area contributed by atoms with Gasteiger partial charge in [-0.2, -0.15) is 5.10 Å². The molecular formula is C26H26ClN5O2. The minimum absolute atomic E-state index is 0.114. The van der Waals surface area contributed by atoms with Gasteiger partial charge in [0.1, 0.15) is 16.5 Å². The lowest BCUT2D eigenvalue weighted by Crippen LogP contribution is -2.66. The molecule has 3 aliphatic rings. The summed E-state index contributed by atoms with van der Waals surface area (Å²) in [4.78, 5) is 17.7. The van der Waals surface area contributed by atoms with Crippen LogP contribution < -0.4 is 5.32 Å². The first kappa shape index (κ1) is 21.4. The summed E-state index contributed by atoms with van der Waals surface area (Å²) in [6, 6.07) is 11.6. The van der Waals surface area contributed by atoms with Gasteiger partial charge in [0.05, 0.1) is 5.69 Å². The Balaban J connectivity index is 1.29. The highest BCUT2D eigenvalue weighted by Gasteiger charge is 2.66. The number of benzene rings is 1. The molecule has 174 valence electrons. The molecule has 0 radical (unpaired) electrons. The Hall–Kier alpha value is -3.16. The van der Waals surface area contributed by atoms with Crippen LogP contribution in [0.15, 0.2) is 48.8 Å². The number of aryl methyl sites for hydroxylation is 2. The molecular weight excluding hydrogens is 450 g/mol. The normalized spacial score (nSPS) is 22.9. The third-order valence-corrected chi connectivity index (χ3v) is 7.89. The van der Waals surface area contributed by atoms with Crippen LogP contribution in [0.3, 0.4) is 0 Å². The monoisotopic (exact) mass is 475 g/mol. The summed E-state index contributed by atoms with van der Waals surface area (Å²) in [7, 11) is 1.90. The van der Waals surface area contributed by atoms with Gasteiger partial charge >= 0.3 is 0 Å². The molecule has 3 aromatic heterocycles. The number of carbonyl (C=O) groups excluding carboxylic acids is 1. The van der Waals surface area contributed by atoms with Crippen LogP contribution in [0.25, 0.3) is 28.0 Å². The highest BCUT2D eigenvalue weighted by molar-refractivity contribution is 6.32. The van der Waals surface area contributed by atoms with E-state index >= 15 is 0 Å². The third kappa shape index (κ3) is 3.18. The Bertz CT molecular complexity index is 1430. The van der Waals surface area contributed by atoms with Crippen molar-refractivity contribution in [1.82, 2.24) is 24.5 Å². The number of carbonyl (C=O) groups is 1. The van der Waals surface area contributed by atoms with Crippen LogP contribution in [0.2, 0.25) is 5.15 Å². The van der Waals surface area contributed by atoms with Gasteiger partial charge in [0, 0.05) is 49.3 Å². The molecule has 1 amide bonds. The molecule has 0 unspecified atom stereocenters. The highest BCUT2D eigenvalue weighted by Crippen LogP contribution is 2.72. The molecule has 0 atom stereocenters. The fourth-order valence-corrected chi connectivity index (χ4v) is 6.36. The number of hydrogen-bond donors (Lipinski definition) is 2. The summed E-state index contributed by atoms with van der Waals surface area (Å²) < 4.78 is 3.60. The van der Waals surface area contributed by atoms with Crippen LogP contribution in [-0.4, -0.2) is 43.3 Å². The van der Waals surface area contributed by atoms with Gasteiger partial charge in [0.2, 0.25) is 0 Å². The number of nitrogens with zero attached hydrogens (tertiary/aromatic N) is 4. The van der Waals surface area contributed by atoms with Gasteiger partial charge in [-0.3, -0.25) is 13.9 Å². The third-order valence-electron chi connectivity index (χ3n) is 7.53. The second-order valence-electron chi connectivity index (χ2n) is 10.1. The molecule has 2 N–H and O–H groups in total. The van der Waals surface area contributed by atoms with E-state index in [1.807, 2.05) is 44.4 Å². The fourth-order valence-electron chi connectivity index (χ4n) is 6.07. The number of fused-ring (bicyclic) bond motifs is 1. The van der Waals surface area contributed by atoms with Gasteiger partial charge in [0.15, 0.2) is 0 Å². The van der Waals surface area contributed by atoms with Crippen LogP contribution in [0.5, 0.6) is 0 Å². The SMILES string of the molecule is Cc1nn(C)cc1-c1ccccc1-c1nc2cc(C(=O)NCC34CC(CO)(C3)C4)ccn2c1Cl. The zero-order chi connectivity index (χ0) is 23.7. The largest absolute Gasteiger partial charge is 0.396 e. The lowest BCUT2D eigenvalue weighted by molar-refractivity contribution is -0.218. The first-order valence-corrected chi connectivity index (χ1v) is 11.9. The first-order chi connectivity index (χ1) is 16.3. The number of nitrogens with one attached hydrogen (secondary N) is 1. The quantitative estimate of drug-likeness (QED) is 0.436. The van der Waals surface area contributed by atoms with E-state index < -0.39 is 0 Å². The number of pyridine rings is 1. The zero-order valence-corrected chi connectivity index (χ0v) is 19.9. The van der Waals surface area contributed by atoms with Gasteiger partial charge in [-0.15, -0.1) is 0 Å². The van der Waals surface area contributed by atoms with E-state index in [0.717, 1.165) is 41.6 Å². The lowest BCUT2D eigenvalue weighted by atomic mass is 9.35. The van der Waals surface area contributed by atoms with Crippen LogP contribution >= 0.6 is 11.6 Å². The number of halogens is 1. The Kier molecular flexibility index (Phi) is 4.66. The van der Waals surface area contributed by atoms with Gasteiger partial charge in [-0.1, -0.05) is 35.9 Å². The maximum absolute atomic E-state index is 12.8. The summed E-state index contributed by atoms with van der Waals surface area (Å²) in [5, 5.41) is 17.5. The smallest absolute Gasteiger partial charge is 0.251 e. The number of hydrogen-bond acceptors (Lipinski definition) is 4. The molecule has 3 fully saturated rings. The van der Waals surface area contributed by atoms with E-state index in [2.05, 4.69) is 10.4 Å². The number of amides is 1. The predicted octanol–water partition coefficient (Wildman–Crippen LogP) is 4.26. The Morgan fingerprint density at radius 2 is 1.88 bits per heavy atom. The van der Waals surface area contributed by atoms with Gasteiger partial charge < -0.3 is 10.4 Å². The number of rotatable bonds is 6. The van der Waals surface area contributed by atoms with Crippen LogP contribution in [0, 0.1) is 17.8 Å². The molecule has 3 heterocycles. The minimum Gasteiger partial charge on any atom is -0.396 e. The second-order valence-corrected chi connectivity index (χ2v) is 10.5. The lowest BCUT2D eigenvalue weighted by Gasteiger charge is -2.70. The molecule has 1 aromatic carbocycles. The van der Waals surface area contributed by atoms with Crippen molar-refractivity contribution in [1.29, 1.82) is 0 Å². The molecule has 3 saturated carbocycles. The predicted molar refractivity (Wildman–Crippen MR) is 131 cm³/mol. The number of aromatic nitrogens is 4. The summed E-state index contributed by atoms with van der Waals surface area (Å²) in [6.07, 6.45) is 6.80. The molecule has 34 heavy (non-hydrogen) atoms. The minimum atomic E-state index is -0.114. The van der Waals surface area contributed by atoms with Crippen molar-refractivity contribution in [2.75, 3.05) is 13.2 Å². The van der Waals surface area contributed by atoms with Crippen LogP contribution in [0.1, 0.15) is 35.3 Å². The van der Waals surface area contributed by atoms with E-state index in [0.29, 0.717) is 28.6 Å². The standard InChI is InChI=1S/C26H26ClN5O2/c1-16-20(10-31(2)30-16)18-5-3-4-6-19(18)22-23(27)32-8-7-17(9-21(32)29-22)24(34)28-14-25-11-26(12-25,13-25)15-33/h3-10,33H,11-15H2,1-2H3,(H,28,34). The first-order valence-electron chi connectivity index (χ1n) is 11.5. The maximum Gasteiger partial charge on any atom is 0.251 e. The zero-order valence-electron chi connectivity index (χ0n) is 19.2. The van der Waals surface area contributed by atoms with E-state index in [4.69, 9.17) is 16.6 Å². The summed E-state index contributed by atoms with van der Waals surface area (Å²) >= 11 is 6.77. The van der Waals surface area contributed by atoms with Crippen molar-refractivity contribution in [2.45, 2.75) is 26.2 Å². The van der Waals surface area contributed by atoms with E-state index in [1.54, 1.807) is 27.4 Å². The molecule has 3 aliphatic carbocycles. The molecule has 7 nitrogen and oxygen atoms in total. The van der Waals surface area contributed by atoms with Crippen molar-refractivity contribution in [2.24, 2.45) is 17.9 Å².